The number of ether oxygens (including phenoxy) is 1. The van der Waals surface area contributed by atoms with Crippen LogP contribution in [0.25, 0.3) is 17.3 Å². The summed E-state index contributed by atoms with van der Waals surface area (Å²) in [7, 11) is 3.60. The van der Waals surface area contributed by atoms with Crippen LogP contribution in [0.4, 0.5) is 5.69 Å². The van der Waals surface area contributed by atoms with Gasteiger partial charge in [-0.2, -0.15) is 0 Å². The van der Waals surface area contributed by atoms with Crippen molar-refractivity contribution >= 4 is 34.4 Å². The van der Waals surface area contributed by atoms with Crippen molar-refractivity contribution < 1.29 is 4.74 Å². The van der Waals surface area contributed by atoms with Crippen molar-refractivity contribution in [1.82, 2.24) is 5.32 Å². The molecule has 4 heteroatoms. The van der Waals surface area contributed by atoms with Gasteiger partial charge in [-0.15, -0.1) is 11.3 Å². The Morgan fingerprint density at radius 2 is 1.90 bits per heavy atom. The van der Waals surface area contributed by atoms with Gasteiger partial charge in [-0.3, -0.25) is 0 Å². The zero-order valence-electron chi connectivity index (χ0n) is 17.4. The molecule has 0 fully saturated rings. The maximum Gasteiger partial charge on any atom is 0.118 e. The van der Waals surface area contributed by atoms with Gasteiger partial charge in [-0.05, 0) is 53.3 Å². The average Bonchev–Trinajstić information content (AvgIpc) is 3.46. The predicted molar refractivity (Wildman–Crippen MR) is 130 cm³/mol. The summed E-state index contributed by atoms with van der Waals surface area (Å²) in [6.07, 6.45) is 3.20. The molecule has 0 atom stereocenters. The first kappa shape index (κ1) is 20.0. The first-order valence-corrected chi connectivity index (χ1v) is 10.9. The standard InChI is InChI=1S/C26H26N2OS/c1-18(27-3)23-8-5-9-26-24(23)14-15-28(26)19(2)25(17-22-7-6-16-30-22)20-10-12-21(29-4)13-11-20/h5-13,16-17,27H,1-2,14-15H2,3-4H3/b25-17-. The van der Waals surface area contributed by atoms with Crippen LogP contribution in [0, 0.1) is 0 Å². The average molecular weight is 415 g/mol. The molecule has 0 saturated carbocycles. The van der Waals surface area contributed by atoms with Crippen molar-refractivity contribution in [2.45, 2.75) is 6.42 Å². The number of nitrogens with one attached hydrogen (secondary N) is 1. The normalized spacial score (nSPS) is 13.1. The van der Waals surface area contributed by atoms with Crippen molar-refractivity contribution in [2.75, 3.05) is 25.6 Å². The second kappa shape index (κ2) is 8.64. The molecule has 2 aromatic carbocycles. The van der Waals surface area contributed by atoms with Gasteiger partial charge in [0, 0.05) is 46.7 Å². The van der Waals surface area contributed by atoms with Crippen LogP contribution in [0.15, 0.2) is 78.8 Å². The predicted octanol–water partition coefficient (Wildman–Crippen LogP) is 6.06. The Morgan fingerprint density at radius 3 is 2.57 bits per heavy atom. The fourth-order valence-electron chi connectivity index (χ4n) is 3.90. The van der Waals surface area contributed by atoms with Crippen LogP contribution in [-0.2, 0) is 6.42 Å². The van der Waals surface area contributed by atoms with E-state index in [1.165, 1.54) is 21.7 Å². The van der Waals surface area contributed by atoms with Gasteiger partial charge in [-0.25, -0.2) is 0 Å². The molecule has 1 aliphatic heterocycles. The van der Waals surface area contributed by atoms with E-state index in [0.29, 0.717) is 0 Å². The molecule has 0 radical (unpaired) electrons. The topological polar surface area (TPSA) is 24.5 Å². The third-order valence-corrected chi connectivity index (χ3v) is 6.34. The Labute approximate surface area is 182 Å². The Balaban J connectivity index is 1.75. The van der Waals surface area contributed by atoms with E-state index in [4.69, 9.17) is 4.74 Å². The first-order chi connectivity index (χ1) is 14.6. The summed E-state index contributed by atoms with van der Waals surface area (Å²) < 4.78 is 5.34. The molecule has 0 unspecified atom stereocenters. The van der Waals surface area contributed by atoms with Gasteiger partial charge in [0.05, 0.1) is 7.11 Å². The van der Waals surface area contributed by atoms with Gasteiger partial charge in [0.2, 0.25) is 0 Å². The molecule has 1 N–H and O–H groups in total. The van der Waals surface area contributed by atoms with Gasteiger partial charge < -0.3 is 15.0 Å². The number of hydrogen-bond donors (Lipinski definition) is 1. The maximum atomic E-state index is 5.34. The summed E-state index contributed by atoms with van der Waals surface area (Å²) >= 11 is 1.73. The number of rotatable bonds is 7. The molecule has 2 heterocycles. The number of anilines is 1. The van der Waals surface area contributed by atoms with Crippen molar-refractivity contribution in [3.8, 4) is 5.75 Å². The number of hydrogen-bond acceptors (Lipinski definition) is 4. The Kier molecular flexibility index (Phi) is 5.77. The summed E-state index contributed by atoms with van der Waals surface area (Å²) in [4.78, 5) is 3.53. The van der Waals surface area contributed by atoms with Crippen molar-refractivity contribution in [2.24, 2.45) is 0 Å². The molecule has 0 spiro atoms. The highest BCUT2D eigenvalue weighted by atomic mass is 32.1. The third kappa shape index (κ3) is 3.79. The van der Waals surface area contributed by atoms with E-state index >= 15 is 0 Å². The van der Waals surface area contributed by atoms with E-state index in [9.17, 15) is 0 Å². The number of benzene rings is 2. The van der Waals surface area contributed by atoms with Crippen LogP contribution >= 0.6 is 11.3 Å². The molecular formula is C26H26N2OS. The van der Waals surface area contributed by atoms with E-state index in [1.54, 1.807) is 18.4 Å². The van der Waals surface area contributed by atoms with Crippen LogP contribution in [0.2, 0.25) is 0 Å². The first-order valence-electron chi connectivity index (χ1n) is 9.97. The molecular weight excluding hydrogens is 388 g/mol. The van der Waals surface area contributed by atoms with Crippen LogP contribution in [0.3, 0.4) is 0 Å². The fourth-order valence-corrected chi connectivity index (χ4v) is 4.55. The molecule has 0 bridgehead atoms. The van der Waals surface area contributed by atoms with Gasteiger partial charge >= 0.3 is 0 Å². The number of nitrogens with zero attached hydrogens (tertiary/aromatic N) is 1. The minimum absolute atomic E-state index is 0.849. The fraction of sp³-hybridized carbons (Fsp3) is 0.154. The summed E-state index contributed by atoms with van der Waals surface area (Å²) in [5, 5.41) is 5.29. The molecule has 0 saturated heterocycles. The second-order valence-corrected chi connectivity index (χ2v) is 8.16. The van der Waals surface area contributed by atoms with Crippen LogP contribution in [0.5, 0.6) is 5.75 Å². The summed E-state index contributed by atoms with van der Waals surface area (Å²) in [6, 6.07) is 18.8. The number of fused-ring (bicyclic) bond motifs is 1. The lowest BCUT2D eigenvalue weighted by Crippen LogP contribution is -2.20. The SMILES string of the molecule is C=C(NC)c1cccc2c1CCN2C(=C)/C(=C/c1cccs1)c1ccc(OC)cc1. The Morgan fingerprint density at radius 1 is 1.10 bits per heavy atom. The lowest BCUT2D eigenvalue weighted by Gasteiger charge is -2.25. The smallest absolute Gasteiger partial charge is 0.118 e. The molecule has 4 rings (SSSR count). The zero-order chi connectivity index (χ0) is 21.1. The second-order valence-electron chi connectivity index (χ2n) is 7.18. The number of thiophene rings is 1. The van der Waals surface area contributed by atoms with Gasteiger partial charge in [-0.1, -0.05) is 43.5 Å². The van der Waals surface area contributed by atoms with E-state index in [2.05, 4.69) is 77.3 Å². The largest absolute Gasteiger partial charge is 0.497 e. The molecule has 1 aliphatic rings. The molecule has 0 amide bonds. The van der Waals surface area contributed by atoms with Gasteiger partial charge in [0.15, 0.2) is 0 Å². The lowest BCUT2D eigenvalue weighted by molar-refractivity contribution is 0.415. The van der Waals surface area contributed by atoms with Gasteiger partial charge in [0.25, 0.3) is 0 Å². The lowest BCUT2D eigenvalue weighted by atomic mass is 10.0. The van der Waals surface area contributed by atoms with Crippen molar-refractivity contribution in [3.63, 3.8) is 0 Å². The summed E-state index contributed by atoms with van der Waals surface area (Å²) in [5.41, 5.74) is 7.90. The van der Waals surface area contributed by atoms with Crippen LogP contribution in [0.1, 0.15) is 21.6 Å². The van der Waals surface area contributed by atoms with Gasteiger partial charge in [0.1, 0.15) is 5.75 Å². The van der Waals surface area contributed by atoms with E-state index in [1.807, 2.05) is 19.2 Å². The highest BCUT2D eigenvalue weighted by molar-refractivity contribution is 7.10. The Hall–Kier alpha value is -3.24. The van der Waals surface area contributed by atoms with Crippen LogP contribution < -0.4 is 15.0 Å². The summed E-state index contributed by atoms with van der Waals surface area (Å²) in [6.45, 7) is 9.59. The molecule has 0 aliphatic carbocycles. The summed E-state index contributed by atoms with van der Waals surface area (Å²) in [5.74, 6) is 0.849. The number of methoxy groups -OCH3 is 1. The third-order valence-electron chi connectivity index (χ3n) is 5.52. The van der Waals surface area contributed by atoms with E-state index in [0.717, 1.165) is 41.2 Å². The van der Waals surface area contributed by atoms with Crippen molar-refractivity contribution in [3.05, 3.63) is 100 Å². The van der Waals surface area contributed by atoms with E-state index in [-0.39, 0.29) is 0 Å². The molecule has 152 valence electrons. The molecule has 3 aromatic rings. The van der Waals surface area contributed by atoms with Crippen LogP contribution in [-0.4, -0.2) is 20.7 Å². The minimum atomic E-state index is 0.849. The molecule has 30 heavy (non-hydrogen) atoms. The maximum absolute atomic E-state index is 5.34. The minimum Gasteiger partial charge on any atom is -0.497 e. The van der Waals surface area contributed by atoms with E-state index < -0.39 is 0 Å². The molecule has 3 nitrogen and oxygen atoms in total. The quantitative estimate of drug-likeness (QED) is 0.475. The monoisotopic (exact) mass is 414 g/mol. The zero-order valence-corrected chi connectivity index (χ0v) is 18.3. The number of allylic oxidation sites excluding steroid dienone is 1. The molecule has 1 aromatic heterocycles. The Bertz CT molecular complexity index is 1090. The van der Waals surface area contributed by atoms with Crippen molar-refractivity contribution in [1.29, 1.82) is 0 Å². The highest BCUT2D eigenvalue weighted by Crippen LogP contribution is 2.39. The highest BCUT2D eigenvalue weighted by Gasteiger charge is 2.26.